The van der Waals surface area contributed by atoms with Crippen molar-refractivity contribution >= 4 is 55.7 Å². The lowest BCUT2D eigenvalue weighted by atomic mass is 9.95. The minimum absolute atomic E-state index is 0.312. The van der Waals surface area contributed by atoms with E-state index in [1.165, 1.54) is 18.4 Å². The molecule has 0 aliphatic carbocycles. The van der Waals surface area contributed by atoms with Gasteiger partial charge in [-0.3, -0.25) is 14.4 Å². The zero-order chi connectivity index (χ0) is 22.4. The number of rotatable bonds is 5. The van der Waals surface area contributed by atoms with Gasteiger partial charge in [-0.1, -0.05) is 59.9 Å². The number of benzene rings is 2. The highest BCUT2D eigenvalue weighted by Gasteiger charge is 2.43. The predicted molar refractivity (Wildman–Crippen MR) is 129 cm³/mol. The molecule has 160 valence electrons. The van der Waals surface area contributed by atoms with Crippen LogP contribution in [0, 0.1) is 6.92 Å². The topological polar surface area (TPSA) is 55.8 Å². The van der Waals surface area contributed by atoms with Crippen LogP contribution in [0.1, 0.15) is 16.0 Å². The van der Waals surface area contributed by atoms with Crippen LogP contribution in [-0.2, 0) is 14.4 Å². The SMILES string of the molecule is COc1sc2ccccc2c1C1=C(c2cc(-c3ccccc3)sc2C)C(=O)N(OC)C1=O. The smallest absolute Gasteiger partial charge is 0.286 e. The van der Waals surface area contributed by atoms with E-state index in [4.69, 9.17) is 9.57 Å². The minimum Gasteiger partial charge on any atom is -0.487 e. The van der Waals surface area contributed by atoms with Gasteiger partial charge < -0.3 is 4.74 Å². The van der Waals surface area contributed by atoms with Crippen molar-refractivity contribution in [1.82, 2.24) is 5.06 Å². The highest BCUT2D eigenvalue weighted by Crippen LogP contribution is 2.48. The number of amides is 2. The normalized spacial score (nSPS) is 14.2. The summed E-state index contributed by atoms with van der Waals surface area (Å²) in [4.78, 5) is 34.0. The average Bonchev–Trinajstić information content (AvgIpc) is 3.45. The van der Waals surface area contributed by atoms with Crippen LogP contribution in [0.3, 0.4) is 0 Å². The summed E-state index contributed by atoms with van der Waals surface area (Å²) in [5.74, 6) is -0.952. The lowest BCUT2D eigenvalue weighted by molar-refractivity contribution is -0.176. The van der Waals surface area contributed by atoms with E-state index in [2.05, 4.69) is 0 Å². The first-order valence-corrected chi connectivity index (χ1v) is 11.6. The van der Waals surface area contributed by atoms with E-state index in [0.29, 0.717) is 21.8 Å². The van der Waals surface area contributed by atoms with Crippen LogP contribution in [0.15, 0.2) is 60.7 Å². The molecule has 0 saturated heterocycles. The monoisotopic (exact) mass is 461 g/mol. The van der Waals surface area contributed by atoms with Crippen LogP contribution in [0.2, 0.25) is 0 Å². The van der Waals surface area contributed by atoms with Crippen LogP contribution in [0.5, 0.6) is 5.06 Å². The maximum absolute atomic E-state index is 13.4. The number of aryl methyl sites for hydroxylation is 1. The number of imide groups is 1. The third kappa shape index (κ3) is 3.09. The Labute approximate surface area is 193 Å². The van der Waals surface area contributed by atoms with Crippen molar-refractivity contribution in [2.75, 3.05) is 14.2 Å². The first-order chi connectivity index (χ1) is 15.5. The Bertz CT molecular complexity index is 1400. The summed E-state index contributed by atoms with van der Waals surface area (Å²) < 4.78 is 6.63. The molecule has 5 nitrogen and oxygen atoms in total. The van der Waals surface area contributed by atoms with Crippen LogP contribution in [0.25, 0.3) is 31.7 Å². The molecule has 3 heterocycles. The number of carbonyl (C=O) groups excluding carboxylic acids is 2. The highest BCUT2D eigenvalue weighted by molar-refractivity contribution is 7.21. The van der Waals surface area contributed by atoms with E-state index in [-0.39, 0.29) is 0 Å². The Kier molecular flexibility index (Phi) is 5.17. The fourth-order valence-corrected chi connectivity index (χ4v) is 6.09. The van der Waals surface area contributed by atoms with Gasteiger partial charge in [-0.2, -0.15) is 0 Å². The second kappa shape index (κ2) is 8.02. The van der Waals surface area contributed by atoms with Crippen molar-refractivity contribution in [2.45, 2.75) is 6.92 Å². The summed E-state index contributed by atoms with van der Waals surface area (Å²) in [6, 6.07) is 19.7. The van der Waals surface area contributed by atoms with Gasteiger partial charge in [-0.05, 0) is 24.6 Å². The van der Waals surface area contributed by atoms with E-state index < -0.39 is 11.8 Å². The second-order valence-electron chi connectivity index (χ2n) is 7.25. The zero-order valence-corrected chi connectivity index (χ0v) is 19.3. The third-order valence-electron chi connectivity index (χ3n) is 5.47. The average molecular weight is 462 g/mol. The van der Waals surface area contributed by atoms with E-state index in [1.54, 1.807) is 18.4 Å². The molecule has 0 spiro atoms. The number of nitrogens with zero attached hydrogens (tertiary/aromatic N) is 1. The van der Waals surface area contributed by atoms with Crippen molar-refractivity contribution < 1.29 is 19.2 Å². The summed E-state index contributed by atoms with van der Waals surface area (Å²) in [6.45, 7) is 1.97. The summed E-state index contributed by atoms with van der Waals surface area (Å²) in [5, 5.41) is 2.29. The lowest BCUT2D eigenvalue weighted by Gasteiger charge is -2.10. The number of hydrogen-bond donors (Lipinski definition) is 0. The largest absolute Gasteiger partial charge is 0.487 e. The molecule has 1 aliphatic heterocycles. The Hall–Kier alpha value is -3.26. The van der Waals surface area contributed by atoms with Crippen LogP contribution < -0.4 is 4.74 Å². The molecule has 5 rings (SSSR count). The summed E-state index contributed by atoms with van der Waals surface area (Å²) >= 11 is 3.04. The lowest BCUT2D eigenvalue weighted by Crippen LogP contribution is -2.30. The number of fused-ring (bicyclic) bond motifs is 1. The summed E-state index contributed by atoms with van der Waals surface area (Å²) in [7, 11) is 2.91. The molecule has 0 bridgehead atoms. The molecule has 7 heteroatoms. The van der Waals surface area contributed by atoms with Crippen molar-refractivity contribution in [3.05, 3.63) is 76.7 Å². The molecule has 0 atom stereocenters. The molecule has 0 saturated carbocycles. The number of carbonyl (C=O) groups is 2. The fourth-order valence-electron chi connectivity index (χ4n) is 4.04. The number of hydrogen-bond acceptors (Lipinski definition) is 6. The first-order valence-electron chi connectivity index (χ1n) is 9.94. The van der Waals surface area contributed by atoms with Gasteiger partial charge in [0.25, 0.3) is 11.8 Å². The molecule has 0 radical (unpaired) electrons. The van der Waals surface area contributed by atoms with Gasteiger partial charge in [0.2, 0.25) is 0 Å². The van der Waals surface area contributed by atoms with Gasteiger partial charge in [-0.15, -0.1) is 16.4 Å². The molecule has 2 amide bonds. The standard InChI is InChI=1S/C25H19NO4S2/c1-14-17(13-19(31-14)15-9-5-4-6-10-15)20-22(24(28)26(30-3)23(20)27)21-16-11-7-8-12-18(16)32-25(21)29-2/h4-13H,1-3H3. The Morgan fingerprint density at radius 1 is 0.844 bits per heavy atom. The Balaban J connectivity index is 1.80. The number of hydroxylamine groups is 2. The minimum atomic E-state index is -0.485. The molecular weight excluding hydrogens is 442 g/mol. The molecule has 2 aromatic carbocycles. The summed E-state index contributed by atoms with van der Waals surface area (Å²) in [6.07, 6.45) is 0. The number of methoxy groups -OCH3 is 1. The van der Waals surface area contributed by atoms with Crippen LogP contribution in [0.4, 0.5) is 0 Å². The Morgan fingerprint density at radius 2 is 1.53 bits per heavy atom. The van der Waals surface area contributed by atoms with Gasteiger partial charge in [0.15, 0.2) is 5.06 Å². The van der Waals surface area contributed by atoms with Crippen LogP contribution >= 0.6 is 22.7 Å². The fraction of sp³-hybridized carbons (Fsp3) is 0.120. The molecule has 1 aliphatic rings. The molecular formula is C25H19NO4S2. The molecule has 0 fully saturated rings. The highest BCUT2D eigenvalue weighted by atomic mass is 32.1. The molecule has 0 N–H and O–H groups in total. The molecule has 32 heavy (non-hydrogen) atoms. The van der Waals surface area contributed by atoms with Crippen molar-refractivity contribution in [3.63, 3.8) is 0 Å². The van der Waals surface area contributed by atoms with Gasteiger partial charge in [0, 0.05) is 31.0 Å². The first kappa shape index (κ1) is 20.6. The molecule has 0 unspecified atom stereocenters. The van der Waals surface area contributed by atoms with Crippen molar-refractivity contribution in [3.8, 4) is 15.5 Å². The predicted octanol–water partition coefficient (Wildman–Crippen LogP) is 5.79. The van der Waals surface area contributed by atoms with Gasteiger partial charge in [-0.25, -0.2) is 0 Å². The molecule has 4 aromatic rings. The van der Waals surface area contributed by atoms with E-state index in [0.717, 1.165) is 36.0 Å². The summed E-state index contributed by atoms with van der Waals surface area (Å²) in [5.41, 5.74) is 3.08. The van der Waals surface area contributed by atoms with Crippen LogP contribution in [-0.4, -0.2) is 31.1 Å². The molecule has 2 aromatic heterocycles. The van der Waals surface area contributed by atoms with E-state index >= 15 is 0 Å². The maximum Gasteiger partial charge on any atom is 0.286 e. The van der Waals surface area contributed by atoms with Gasteiger partial charge in [0.1, 0.15) is 0 Å². The quantitative estimate of drug-likeness (QED) is 0.353. The van der Waals surface area contributed by atoms with Crippen molar-refractivity contribution in [1.29, 1.82) is 0 Å². The van der Waals surface area contributed by atoms with Crippen molar-refractivity contribution in [2.24, 2.45) is 0 Å². The Morgan fingerprint density at radius 3 is 2.25 bits per heavy atom. The van der Waals surface area contributed by atoms with E-state index in [1.807, 2.05) is 67.6 Å². The zero-order valence-electron chi connectivity index (χ0n) is 17.7. The van der Waals surface area contributed by atoms with Gasteiger partial charge in [0.05, 0.1) is 25.4 Å². The second-order valence-corrected chi connectivity index (χ2v) is 9.52. The van der Waals surface area contributed by atoms with Gasteiger partial charge >= 0.3 is 0 Å². The number of thiophene rings is 2. The number of ether oxygens (including phenoxy) is 1. The van der Waals surface area contributed by atoms with E-state index in [9.17, 15) is 9.59 Å². The third-order valence-corrected chi connectivity index (χ3v) is 7.70. The maximum atomic E-state index is 13.4.